The Labute approximate surface area is 151 Å². The van der Waals surface area contributed by atoms with Crippen LogP contribution in [0.3, 0.4) is 0 Å². The van der Waals surface area contributed by atoms with E-state index in [0.29, 0.717) is 25.7 Å². The van der Waals surface area contributed by atoms with E-state index in [1.165, 1.54) is 12.8 Å². The standard InChI is InChI=1S/C20H32N2O3/c1-15-6-4-9-19(12-15)25-14-17-7-5-8-18(13-17)21-20(24)22(3)11-10-16(2)23/h5,7-8,13,15-16,19,23H,4,6,9-12,14H2,1-3H3,(H,21,24). The van der Waals surface area contributed by atoms with E-state index in [4.69, 9.17) is 4.74 Å². The lowest BCUT2D eigenvalue weighted by atomic mass is 9.89. The minimum Gasteiger partial charge on any atom is -0.393 e. The number of aliphatic hydroxyl groups is 1. The summed E-state index contributed by atoms with van der Waals surface area (Å²) < 4.78 is 6.06. The number of benzene rings is 1. The molecular weight excluding hydrogens is 316 g/mol. The van der Waals surface area contributed by atoms with Gasteiger partial charge in [0.05, 0.1) is 18.8 Å². The normalized spacial score (nSPS) is 21.6. The van der Waals surface area contributed by atoms with Gasteiger partial charge in [-0.2, -0.15) is 0 Å². The van der Waals surface area contributed by atoms with Crippen molar-refractivity contribution in [2.24, 2.45) is 5.92 Å². The van der Waals surface area contributed by atoms with Crippen molar-refractivity contribution in [1.29, 1.82) is 0 Å². The second-order valence-electron chi connectivity index (χ2n) is 7.39. The minimum absolute atomic E-state index is 0.167. The first kappa shape index (κ1) is 19.7. The number of nitrogens with one attached hydrogen (secondary N) is 1. The molecule has 5 heteroatoms. The fraction of sp³-hybridized carbons (Fsp3) is 0.650. The van der Waals surface area contributed by atoms with Crippen LogP contribution in [-0.4, -0.2) is 41.8 Å². The number of nitrogens with zero attached hydrogens (tertiary/aromatic N) is 1. The Morgan fingerprint density at radius 2 is 2.24 bits per heavy atom. The Kier molecular flexibility index (Phi) is 7.72. The van der Waals surface area contributed by atoms with Crippen molar-refractivity contribution in [3.8, 4) is 0 Å². The molecule has 0 spiro atoms. The minimum atomic E-state index is -0.404. The van der Waals surface area contributed by atoms with Gasteiger partial charge < -0.3 is 20.1 Å². The van der Waals surface area contributed by atoms with Crippen molar-refractivity contribution in [3.05, 3.63) is 29.8 Å². The van der Waals surface area contributed by atoms with E-state index in [2.05, 4.69) is 12.2 Å². The van der Waals surface area contributed by atoms with Crippen molar-refractivity contribution < 1.29 is 14.6 Å². The molecule has 2 N–H and O–H groups in total. The van der Waals surface area contributed by atoms with E-state index in [9.17, 15) is 9.90 Å². The van der Waals surface area contributed by atoms with Crippen molar-refractivity contribution in [2.75, 3.05) is 18.9 Å². The van der Waals surface area contributed by atoms with E-state index in [1.807, 2.05) is 24.3 Å². The maximum absolute atomic E-state index is 12.2. The van der Waals surface area contributed by atoms with Crippen LogP contribution in [0.1, 0.15) is 51.5 Å². The number of hydrogen-bond donors (Lipinski definition) is 2. The molecule has 1 saturated carbocycles. The largest absolute Gasteiger partial charge is 0.393 e. The summed E-state index contributed by atoms with van der Waals surface area (Å²) in [5.74, 6) is 0.751. The summed E-state index contributed by atoms with van der Waals surface area (Å²) in [6.07, 6.45) is 5.37. The average Bonchev–Trinajstić information content (AvgIpc) is 2.58. The Balaban J connectivity index is 1.82. The molecule has 5 nitrogen and oxygen atoms in total. The average molecular weight is 348 g/mol. The maximum atomic E-state index is 12.2. The highest BCUT2D eigenvalue weighted by Crippen LogP contribution is 2.26. The van der Waals surface area contributed by atoms with E-state index in [-0.39, 0.29) is 6.03 Å². The van der Waals surface area contributed by atoms with Crippen LogP contribution in [0.2, 0.25) is 0 Å². The van der Waals surface area contributed by atoms with Crippen LogP contribution in [0.4, 0.5) is 10.5 Å². The van der Waals surface area contributed by atoms with Crippen LogP contribution in [0.15, 0.2) is 24.3 Å². The molecule has 1 aromatic rings. The van der Waals surface area contributed by atoms with E-state index >= 15 is 0 Å². The Morgan fingerprint density at radius 3 is 2.96 bits per heavy atom. The molecule has 0 heterocycles. The van der Waals surface area contributed by atoms with E-state index < -0.39 is 6.10 Å². The number of carbonyl (C=O) groups is 1. The first-order chi connectivity index (χ1) is 11.9. The molecule has 1 aliphatic rings. The van der Waals surface area contributed by atoms with Crippen LogP contribution < -0.4 is 5.32 Å². The number of amides is 2. The fourth-order valence-corrected chi connectivity index (χ4v) is 3.18. The number of hydrogen-bond acceptors (Lipinski definition) is 3. The lowest BCUT2D eigenvalue weighted by Crippen LogP contribution is -2.33. The first-order valence-electron chi connectivity index (χ1n) is 9.34. The third kappa shape index (κ3) is 7.04. The summed E-state index contributed by atoms with van der Waals surface area (Å²) in [4.78, 5) is 13.8. The second-order valence-corrected chi connectivity index (χ2v) is 7.39. The van der Waals surface area contributed by atoms with Gasteiger partial charge in [-0.05, 0) is 49.8 Å². The summed E-state index contributed by atoms with van der Waals surface area (Å²) in [5.41, 5.74) is 1.84. The molecule has 2 rings (SSSR count). The predicted octanol–water partition coefficient (Wildman–Crippen LogP) is 4.02. The number of rotatable bonds is 7. The molecule has 2 amide bonds. The summed E-state index contributed by atoms with van der Waals surface area (Å²) in [6, 6.07) is 7.64. The van der Waals surface area contributed by atoms with E-state index in [0.717, 1.165) is 30.0 Å². The Morgan fingerprint density at radius 1 is 1.44 bits per heavy atom. The van der Waals surface area contributed by atoms with Gasteiger partial charge in [0, 0.05) is 19.3 Å². The third-order valence-electron chi connectivity index (χ3n) is 4.78. The van der Waals surface area contributed by atoms with Crippen molar-refractivity contribution in [2.45, 2.75) is 64.8 Å². The quantitative estimate of drug-likeness (QED) is 0.782. The SMILES string of the molecule is CC(O)CCN(C)C(=O)Nc1cccc(COC2CCCC(C)C2)c1. The van der Waals surface area contributed by atoms with Crippen LogP contribution in [0.25, 0.3) is 0 Å². The lowest BCUT2D eigenvalue weighted by Gasteiger charge is -2.26. The molecule has 3 atom stereocenters. The molecule has 0 saturated heterocycles. The van der Waals surface area contributed by atoms with Crippen molar-refractivity contribution in [1.82, 2.24) is 4.90 Å². The van der Waals surface area contributed by atoms with Crippen LogP contribution in [-0.2, 0) is 11.3 Å². The Hall–Kier alpha value is -1.59. The zero-order valence-corrected chi connectivity index (χ0v) is 15.7. The first-order valence-corrected chi connectivity index (χ1v) is 9.34. The molecule has 0 radical (unpaired) electrons. The van der Waals surface area contributed by atoms with Gasteiger partial charge in [0.25, 0.3) is 0 Å². The topological polar surface area (TPSA) is 61.8 Å². The summed E-state index contributed by atoms with van der Waals surface area (Å²) in [5, 5.41) is 12.2. The van der Waals surface area contributed by atoms with Gasteiger partial charge in [0.1, 0.15) is 0 Å². The molecule has 1 fully saturated rings. The number of carbonyl (C=O) groups excluding carboxylic acids is 1. The monoisotopic (exact) mass is 348 g/mol. The van der Waals surface area contributed by atoms with E-state index in [1.54, 1.807) is 18.9 Å². The van der Waals surface area contributed by atoms with Gasteiger partial charge in [-0.3, -0.25) is 0 Å². The molecule has 0 aromatic heterocycles. The molecule has 0 bridgehead atoms. The number of anilines is 1. The van der Waals surface area contributed by atoms with Gasteiger partial charge in [0.15, 0.2) is 0 Å². The molecular formula is C20H32N2O3. The van der Waals surface area contributed by atoms with Gasteiger partial charge in [0.2, 0.25) is 0 Å². The molecule has 25 heavy (non-hydrogen) atoms. The highest BCUT2D eigenvalue weighted by atomic mass is 16.5. The van der Waals surface area contributed by atoms with Gasteiger partial charge >= 0.3 is 6.03 Å². The number of ether oxygens (including phenoxy) is 1. The molecule has 3 unspecified atom stereocenters. The van der Waals surface area contributed by atoms with Crippen LogP contribution >= 0.6 is 0 Å². The van der Waals surface area contributed by atoms with Crippen molar-refractivity contribution in [3.63, 3.8) is 0 Å². The number of aliphatic hydroxyl groups excluding tert-OH is 1. The maximum Gasteiger partial charge on any atom is 0.321 e. The third-order valence-corrected chi connectivity index (χ3v) is 4.78. The molecule has 1 aliphatic carbocycles. The van der Waals surface area contributed by atoms with Crippen LogP contribution in [0, 0.1) is 5.92 Å². The Bertz CT molecular complexity index is 547. The smallest absolute Gasteiger partial charge is 0.321 e. The fourth-order valence-electron chi connectivity index (χ4n) is 3.18. The lowest BCUT2D eigenvalue weighted by molar-refractivity contribution is 0.00468. The number of urea groups is 1. The summed E-state index contributed by atoms with van der Waals surface area (Å²) in [6.45, 7) is 5.12. The highest BCUT2D eigenvalue weighted by molar-refractivity contribution is 5.89. The second kappa shape index (κ2) is 9.78. The van der Waals surface area contributed by atoms with Gasteiger partial charge in [-0.1, -0.05) is 31.9 Å². The zero-order chi connectivity index (χ0) is 18.2. The highest BCUT2D eigenvalue weighted by Gasteiger charge is 2.19. The van der Waals surface area contributed by atoms with Gasteiger partial charge in [-0.25, -0.2) is 4.79 Å². The summed E-state index contributed by atoms with van der Waals surface area (Å²) in [7, 11) is 1.73. The van der Waals surface area contributed by atoms with Crippen LogP contribution in [0.5, 0.6) is 0 Å². The molecule has 140 valence electrons. The molecule has 1 aromatic carbocycles. The predicted molar refractivity (Wildman–Crippen MR) is 101 cm³/mol. The zero-order valence-electron chi connectivity index (χ0n) is 15.7. The summed E-state index contributed by atoms with van der Waals surface area (Å²) >= 11 is 0. The van der Waals surface area contributed by atoms with Crippen molar-refractivity contribution >= 4 is 11.7 Å². The van der Waals surface area contributed by atoms with Gasteiger partial charge in [-0.15, -0.1) is 0 Å². The molecule has 0 aliphatic heterocycles.